The molecule has 0 aliphatic heterocycles. The molecule has 0 saturated heterocycles. The highest BCUT2D eigenvalue weighted by Gasteiger charge is 2.43. The second-order valence-electron chi connectivity index (χ2n) is 3.95. The summed E-state index contributed by atoms with van der Waals surface area (Å²) in [6.07, 6.45) is 3.27. The molecule has 1 fully saturated rings. The Morgan fingerprint density at radius 1 is 1.41 bits per heavy atom. The summed E-state index contributed by atoms with van der Waals surface area (Å²) in [5, 5.41) is 3.05. The maximum Gasteiger partial charge on any atom is 0.387 e. The largest absolute Gasteiger partial charge is 0.432 e. The van der Waals surface area contributed by atoms with E-state index < -0.39 is 18.2 Å². The van der Waals surface area contributed by atoms with Crippen molar-refractivity contribution in [1.29, 1.82) is 0 Å². The average Bonchev–Trinajstić information content (AvgIpc) is 3.02. The lowest BCUT2D eigenvalue weighted by molar-refractivity contribution is -0.0522. The van der Waals surface area contributed by atoms with E-state index in [1.54, 1.807) is 12.3 Å². The fourth-order valence-corrected chi connectivity index (χ4v) is 1.82. The zero-order valence-corrected chi connectivity index (χ0v) is 9.05. The Kier molecular flexibility index (Phi) is 3.00. The number of nitrogens with one attached hydrogen (secondary N) is 1. The van der Waals surface area contributed by atoms with Crippen LogP contribution < -0.4 is 10.1 Å². The van der Waals surface area contributed by atoms with Crippen molar-refractivity contribution < 1.29 is 17.9 Å². The van der Waals surface area contributed by atoms with Gasteiger partial charge in [0.15, 0.2) is 11.6 Å². The molecular formula is C12H12F3NO. The third-order valence-electron chi connectivity index (χ3n) is 2.83. The van der Waals surface area contributed by atoms with E-state index in [0.29, 0.717) is 0 Å². The SMILES string of the molecule is C=CNC1(c2ccc(F)c(OC(F)F)c2)CC1. The molecule has 1 N–H and O–H groups in total. The minimum atomic E-state index is -3.03. The van der Waals surface area contributed by atoms with Crippen molar-refractivity contribution in [3.63, 3.8) is 0 Å². The molecule has 1 aliphatic rings. The smallest absolute Gasteiger partial charge is 0.387 e. The third kappa shape index (κ3) is 2.38. The number of halogens is 3. The first kappa shape index (κ1) is 11.8. The van der Waals surface area contributed by atoms with Gasteiger partial charge in [0.25, 0.3) is 0 Å². The topological polar surface area (TPSA) is 21.3 Å². The summed E-state index contributed by atoms with van der Waals surface area (Å²) < 4.78 is 41.5. The van der Waals surface area contributed by atoms with Crippen LogP contribution in [0.3, 0.4) is 0 Å². The number of alkyl halides is 2. The molecule has 92 valence electrons. The first-order chi connectivity index (χ1) is 8.07. The van der Waals surface area contributed by atoms with Gasteiger partial charge in [0, 0.05) is 0 Å². The second kappa shape index (κ2) is 4.31. The van der Waals surface area contributed by atoms with Crippen LogP contribution in [0.25, 0.3) is 0 Å². The molecular weight excluding hydrogens is 231 g/mol. The van der Waals surface area contributed by atoms with E-state index in [2.05, 4.69) is 16.6 Å². The van der Waals surface area contributed by atoms with Gasteiger partial charge in [-0.3, -0.25) is 0 Å². The molecule has 2 nitrogen and oxygen atoms in total. The lowest BCUT2D eigenvalue weighted by Gasteiger charge is -2.17. The Bertz CT molecular complexity index is 430. The highest BCUT2D eigenvalue weighted by Crippen LogP contribution is 2.46. The summed E-state index contributed by atoms with van der Waals surface area (Å²) in [7, 11) is 0. The predicted molar refractivity (Wildman–Crippen MR) is 57.3 cm³/mol. The molecule has 0 bridgehead atoms. The van der Waals surface area contributed by atoms with Gasteiger partial charge < -0.3 is 10.1 Å². The first-order valence-electron chi connectivity index (χ1n) is 5.21. The van der Waals surface area contributed by atoms with Crippen molar-refractivity contribution in [2.24, 2.45) is 0 Å². The standard InChI is InChI=1S/C12H12F3NO/c1-2-16-12(5-6-12)8-3-4-9(13)10(7-8)17-11(14)15/h2-4,7,11,16H,1,5-6H2. The zero-order chi connectivity index (χ0) is 12.5. The summed E-state index contributed by atoms with van der Waals surface area (Å²) in [6.45, 7) is 0.538. The Balaban J connectivity index is 2.27. The van der Waals surface area contributed by atoms with Crippen molar-refractivity contribution in [2.45, 2.75) is 25.0 Å². The van der Waals surface area contributed by atoms with E-state index in [1.165, 1.54) is 6.07 Å². The molecule has 17 heavy (non-hydrogen) atoms. The van der Waals surface area contributed by atoms with Crippen LogP contribution in [0, 0.1) is 5.82 Å². The number of hydrogen-bond donors (Lipinski definition) is 1. The Morgan fingerprint density at radius 2 is 2.12 bits per heavy atom. The van der Waals surface area contributed by atoms with Gasteiger partial charge in [-0.05, 0) is 36.7 Å². The monoisotopic (exact) mass is 243 g/mol. The van der Waals surface area contributed by atoms with Crippen molar-refractivity contribution in [3.05, 3.63) is 42.4 Å². The molecule has 1 aromatic carbocycles. The maximum absolute atomic E-state index is 13.2. The second-order valence-corrected chi connectivity index (χ2v) is 3.95. The van der Waals surface area contributed by atoms with Crippen molar-refractivity contribution in [2.75, 3.05) is 0 Å². The fraction of sp³-hybridized carbons (Fsp3) is 0.333. The Labute approximate surface area is 97.1 Å². The molecule has 0 spiro atoms. The average molecular weight is 243 g/mol. The summed E-state index contributed by atoms with van der Waals surface area (Å²) in [6, 6.07) is 4.01. The number of hydrogen-bond acceptors (Lipinski definition) is 2. The van der Waals surface area contributed by atoms with Gasteiger partial charge in [-0.2, -0.15) is 8.78 Å². The van der Waals surface area contributed by atoms with Gasteiger partial charge >= 0.3 is 6.61 Å². The van der Waals surface area contributed by atoms with Crippen LogP contribution in [-0.4, -0.2) is 6.61 Å². The molecule has 1 aliphatic carbocycles. The Hall–Kier alpha value is -1.65. The van der Waals surface area contributed by atoms with E-state index in [4.69, 9.17) is 0 Å². The summed E-state index contributed by atoms with van der Waals surface area (Å²) in [5.41, 5.74) is 0.435. The van der Waals surface area contributed by atoms with E-state index in [0.717, 1.165) is 24.5 Å². The number of ether oxygens (including phenoxy) is 1. The van der Waals surface area contributed by atoms with E-state index >= 15 is 0 Å². The van der Waals surface area contributed by atoms with Crippen LogP contribution in [0.15, 0.2) is 31.0 Å². The van der Waals surface area contributed by atoms with Gasteiger partial charge in [0.1, 0.15) is 0 Å². The zero-order valence-electron chi connectivity index (χ0n) is 9.05. The third-order valence-corrected chi connectivity index (χ3v) is 2.83. The quantitative estimate of drug-likeness (QED) is 0.857. The number of benzene rings is 1. The molecule has 2 rings (SSSR count). The molecule has 0 heterocycles. The number of rotatable bonds is 5. The Morgan fingerprint density at radius 3 is 2.65 bits per heavy atom. The summed E-state index contributed by atoms with van der Waals surface area (Å²) in [4.78, 5) is 0. The lowest BCUT2D eigenvalue weighted by atomic mass is 10.0. The van der Waals surface area contributed by atoms with Crippen LogP contribution in [0.2, 0.25) is 0 Å². The van der Waals surface area contributed by atoms with Gasteiger partial charge in [0.2, 0.25) is 0 Å². The van der Waals surface area contributed by atoms with Crippen LogP contribution in [0.4, 0.5) is 13.2 Å². The molecule has 0 radical (unpaired) electrons. The van der Waals surface area contributed by atoms with Gasteiger partial charge in [-0.1, -0.05) is 12.6 Å². The van der Waals surface area contributed by atoms with Gasteiger partial charge in [-0.15, -0.1) is 0 Å². The molecule has 0 aromatic heterocycles. The van der Waals surface area contributed by atoms with Crippen LogP contribution in [0.1, 0.15) is 18.4 Å². The van der Waals surface area contributed by atoms with Crippen LogP contribution >= 0.6 is 0 Å². The molecule has 5 heteroatoms. The van der Waals surface area contributed by atoms with Gasteiger partial charge in [0.05, 0.1) is 5.54 Å². The molecule has 1 aromatic rings. The van der Waals surface area contributed by atoms with Crippen LogP contribution in [0.5, 0.6) is 5.75 Å². The minimum absolute atomic E-state index is 0.296. The molecule has 0 amide bonds. The van der Waals surface area contributed by atoms with Gasteiger partial charge in [-0.25, -0.2) is 4.39 Å². The maximum atomic E-state index is 13.2. The van der Waals surface area contributed by atoms with Crippen molar-refractivity contribution in [1.82, 2.24) is 5.32 Å². The van der Waals surface area contributed by atoms with Crippen molar-refractivity contribution in [3.8, 4) is 5.75 Å². The van der Waals surface area contributed by atoms with Crippen molar-refractivity contribution >= 4 is 0 Å². The molecule has 0 atom stereocenters. The normalized spacial score (nSPS) is 16.7. The summed E-state index contributed by atoms with van der Waals surface area (Å²) >= 11 is 0. The van der Waals surface area contributed by atoms with E-state index in [1.807, 2.05) is 0 Å². The summed E-state index contributed by atoms with van der Waals surface area (Å²) in [5.74, 6) is -1.21. The predicted octanol–water partition coefficient (Wildman–Crippen LogP) is 3.15. The minimum Gasteiger partial charge on any atom is -0.432 e. The fourth-order valence-electron chi connectivity index (χ4n) is 1.82. The van der Waals surface area contributed by atoms with E-state index in [9.17, 15) is 13.2 Å². The lowest BCUT2D eigenvalue weighted by Crippen LogP contribution is -2.23. The first-order valence-corrected chi connectivity index (χ1v) is 5.21. The van der Waals surface area contributed by atoms with Crippen LogP contribution in [-0.2, 0) is 5.54 Å². The van der Waals surface area contributed by atoms with E-state index in [-0.39, 0.29) is 5.54 Å². The molecule has 0 unspecified atom stereocenters. The highest BCUT2D eigenvalue weighted by molar-refractivity contribution is 5.38. The highest BCUT2D eigenvalue weighted by atomic mass is 19.3. The molecule has 1 saturated carbocycles.